The highest BCUT2D eigenvalue weighted by Gasteiger charge is 2.29. The van der Waals surface area contributed by atoms with Gasteiger partial charge in [0, 0.05) is 11.3 Å². The maximum Gasteiger partial charge on any atom is 0.413 e. The van der Waals surface area contributed by atoms with Crippen molar-refractivity contribution in [2.24, 2.45) is 5.92 Å². The van der Waals surface area contributed by atoms with Crippen LogP contribution >= 0.6 is 11.3 Å². The van der Waals surface area contributed by atoms with Gasteiger partial charge in [-0.1, -0.05) is 37.3 Å². The third-order valence-electron chi connectivity index (χ3n) is 4.88. The summed E-state index contributed by atoms with van der Waals surface area (Å²) in [6.07, 6.45) is 2.74. The van der Waals surface area contributed by atoms with Crippen molar-refractivity contribution in [3.05, 3.63) is 51.9 Å². The van der Waals surface area contributed by atoms with Gasteiger partial charge in [-0.05, 0) is 42.7 Å². The molecule has 1 aliphatic rings. The zero-order chi connectivity index (χ0) is 20.1. The molecule has 0 radical (unpaired) electrons. The number of fused-ring (bicyclic) bond motifs is 1. The van der Waals surface area contributed by atoms with Gasteiger partial charge in [-0.15, -0.1) is 11.3 Å². The Balaban J connectivity index is 1.78. The van der Waals surface area contributed by atoms with Crippen LogP contribution in [0.1, 0.15) is 46.1 Å². The number of aryl methyl sites for hydroxylation is 1. The smallest absolute Gasteiger partial charge is 0.413 e. The number of hydrogen-bond donors (Lipinski definition) is 2. The highest BCUT2D eigenvalue weighted by molar-refractivity contribution is 7.17. The fourth-order valence-corrected chi connectivity index (χ4v) is 4.80. The predicted molar refractivity (Wildman–Crippen MR) is 109 cm³/mol. The molecule has 0 spiro atoms. The molecule has 0 bridgehead atoms. The second-order valence-corrected chi connectivity index (χ2v) is 8.14. The van der Waals surface area contributed by atoms with E-state index < -0.39 is 12.0 Å². The quantitative estimate of drug-likeness (QED) is 0.796. The van der Waals surface area contributed by atoms with Crippen molar-refractivity contribution in [3.63, 3.8) is 0 Å². The summed E-state index contributed by atoms with van der Waals surface area (Å²) < 4.78 is 4.53. The van der Waals surface area contributed by atoms with Crippen molar-refractivity contribution in [2.75, 3.05) is 12.4 Å². The van der Waals surface area contributed by atoms with E-state index in [4.69, 9.17) is 0 Å². The number of carbonyl (C=O) groups excluding carboxylic acids is 3. The lowest BCUT2D eigenvalue weighted by atomic mass is 9.88. The molecule has 28 heavy (non-hydrogen) atoms. The van der Waals surface area contributed by atoms with E-state index in [1.165, 1.54) is 18.4 Å². The Hall–Kier alpha value is -2.67. The second kappa shape index (κ2) is 9.01. The van der Waals surface area contributed by atoms with Gasteiger partial charge in [0.15, 0.2) is 0 Å². The largest absolute Gasteiger partial charge is 0.453 e. The zero-order valence-electron chi connectivity index (χ0n) is 16.0. The molecular formula is C21H24N2O4S. The van der Waals surface area contributed by atoms with Crippen molar-refractivity contribution in [1.82, 2.24) is 5.32 Å². The summed E-state index contributed by atoms with van der Waals surface area (Å²) in [7, 11) is 1.21. The lowest BCUT2D eigenvalue weighted by molar-refractivity contribution is -0.116. The summed E-state index contributed by atoms with van der Waals surface area (Å²) in [4.78, 5) is 37.7. The number of ether oxygens (including phenoxy) is 1. The van der Waals surface area contributed by atoms with Crippen LogP contribution in [0.3, 0.4) is 0 Å². The minimum Gasteiger partial charge on any atom is -0.453 e. The van der Waals surface area contributed by atoms with Crippen molar-refractivity contribution in [3.8, 4) is 0 Å². The first-order valence-electron chi connectivity index (χ1n) is 9.35. The van der Waals surface area contributed by atoms with Crippen LogP contribution in [0.15, 0.2) is 30.3 Å². The molecule has 0 saturated carbocycles. The van der Waals surface area contributed by atoms with Gasteiger partial charge in [0.05, 0.1) is 12.7 Å². The summed E-state index contributed by atoms with van der Waals surface area (Å²) in [6.45, 7) is 2.18. The first-order chi connectivity index (χ1) is 13.5. The topological polar surface area (TPSA) is 84.5 Å². The normalized spacial score (nSPS) is 15.4. The lowest BCUT2D eigenvalue weighted by Crippen LogP contribution is -2.31. The molecule has 1 aromatic heterocycles. The molecule has 6 nitrogen and oxygen atoms in total. The van der Waals surface area contributed by atoms with Crippen LogP contribution in [-0.2, 0) is 28.8 Å². The van der Waals surface area contributed by atoms with Gasteiger partial charge in [0.1, 0.15) is 5.00 Å². The number of nitrogens with one attached hydrogen (secondary N) is 2. The maximum atomic E-state index is 12.7. The fourth-order valence-electron chi connectivity index (χ4n) is 3.38. The van der Waals surface area contributed by atoms with Gasteiger partial charge in [0.25, 0.3) is 5.91 Å². The summed E-state index contributed by atoms with van der Waals surface area (Å²) in [5.41, 5.74) is 2.41. The van der Waals surface area contributed by atoms with Gasteiger partial charge in [-0.3, -0.25) is 14.9 Å². The summed E-state index contributed by atoms with van der Waals surface area (Å²) in [5, 5.41) is 5.62. The van der Waals surface area contributed by atoms with Crippen molar-refractivity contribution >= 4 is 34.2 Å². The minimum absolute atomic E-state index is 0.150. The molecule has 0 fully saturated rings. The Bertz CT molecular complexity index is 876. The molecule has 0 unspecified atom stereocenters. The molecule has 0 aliphatic heterocycles. The van der Waals surface area contributed by atoms with Gasteiger partial charge >= 0.3 is 6.09 Å². The molecule has 1 aromatic carbocycles. The lowest BCUT2D eigenvalue weighted by Gasteiger charge is -2.18. The van der Waals surface area contributed by atoms with Gasteiger partial charge in [-0.25, -0.2) is 4.79 Å². The van der Waals surface area contributed by atoms with Gasteiger partial charge in [-0.2, -0.15) is 0 Å². The third kappa shape index (κ3) is 4.78. The van der Waals surface area contributed by atoms with Crippen LogP contribution in [0.2, 0.25) is 0 Å². The number of hydrogen-bond acceptors (Lipinski definition) is 5. The Morgan fingerprint density at radius 1 is 1.21 bits per heavy atom. The average Bonchev–Trinajstić information content (AvgIpc) is 3.03. The van der Waals surface area contributed by atoms with E-state index in [2.05, 4.69) is 22.3 Å². The van der Waals surface area contributed by atoms with Crippen molar-refractivity contribution < 1.29 is 19.1 Å². The number of benzene rings is 1. The van der Waals surface area contributed by atoms with Crippen molar-refractivity contribution in [2.45, 2.75) is 39.0 Å². The summed E-state index contributed by atoms with van der Waals surface area (Å²) >= 11 is 1.43. The van der Waals surface area contributed by atoms with Crippen LogP contribution < -0.4 is 10.6 Å². The van der Waals surface area contributed by atoms with E-state index in [0.29, 0.717) is 29.3 Å². The Labute approximate surface area is 168 Å². The van der Waals surface area contributed by atoms with E-state index in [1.54, 1.807) is 0 Å². The highest BCUT2D eigenvalue weighted by atomic mass is 32.1. The molecule has 3 rings (SSSR count). The number of thiophene rings is 1. The zero-order valence-corrected chi connectivity index (χ0v) is 16.9. The van der Waals surface area contributed by atoms with Gasteiger partial charge < -0.3 is 10.1 Å². The molecular weight excluding hydrogens is 376 g/mol. The molecule has 7 heteroatoms. The number of methoxy groups -OCH3 is 1. The molecule has 1 atom stereocenters. The Morgan fingerprint density at radius 2 is 1.96 bits per heavy atom. The summed E-state index contributed by atoms with van der Waals surface area (Å²) in [5.74, 6) is -0.149. The van der Waals surface area contributed by atoms with E-state index in [0.717, 1.165) is 35.3 Å². The fraction of sp³-hybridized carbons (Fsp3) is 0.381. The van der Waals surface area contributed by atoms with Crippen LogP contribution in [-0.4, -0.2) is 25.0 Å². The number of imide groups is 1. The van der Waals surface area contributed by atoms with Crippen LogP contribution in [0.5, 0.6) is 0 Å². The number of carbonyl (C=O) groups is 3. The molecule has 2 N–H and O–H groups in total. The SMILES string of the molecule is COC(=O)NC(=O)c1c(NC(=O)CCc2ccccc2)sc2c1CC[C@@H](C)C2. The number of alkyl carbamates (subject to hydrolysis) is 1. The first kappa shape index (κ1) is 20.1. The minimum atomic E-state index is -0.810. The first-order valence-corrected chi connectivity index (χ1v) is 10.2. The van der Waals surface area contributed by atoms with E-state index >= 15 is 0 Å². The molecule has 0 saturated heterocycles. The second-order valence-electron chi connectivity index (χ2n) is 7.04. The van der Waals surface area contributed by atoms with Crippen LogP contribution in [0.25, 0.3) is 0 Å². The number of anilines is 1. The molecule has 1 aliphatic carbocycles. The monoisotopic (exact) mass is 400 g/mol. The van der Waals surface area contributed by atoms with E-state index in [1.807, 2.05) is 30.3 Å². The van der Waals surface area contributed by atoms with Crippen LogP contribution in [0, 0.1) is 5.92 Å². The molecule has 1 heterocycles. The number of rotatable bonds is 5. The maximum absolute atomic E-state index is 12.7. The summed E-state index contributed by atoms with van der Waals surface area (Å²) in [6, 6.07) is 9.78. The highest BCUT2D eigenvalue weighted by Crippen LogP contribution is 2.39. The standard InChI is InChI=1S/C21H24N2O4S/c1-13-8-10-15-16(12-13)28-20(18(15)19(25)23-21(26)27-2)22-17(24)11-9-14-6-4-3-5-7-14/h3-7,13H,8-12H2,1-2H3,(H,22,24)(H,23,25,26)/t13-/m1/s1. The Kier molecular flexibility index (Phi) is 6.46. The predicted octanol–water partition coefficient (Wildman–Crippen LogP) is 3.94. The number of amides is 3. The van der Waals surface area contributed by atoms with E-state index in [9.17, 15) is 14.4 Å². The van der Waals surface area contributed by atoms with E-state index in [-0.39, 0.29) is 5.91 Å². The van der Waals surface area contributed by atoms with Crippen molar-refractivity contribution in [1.29, 1.82) is 0 Å². The Morgan fingerprint density at radius 3 is 2.68 bits per heavy atom. The molecule has 3 amide bonds. The van der Waals surface area contributed by atoms with Gasteiger partial charge in [0.2, 0.25) is 5.91 Å². The molecule has 2 aromatic rings. The average molecular weight is 401 g/mol. The third-order valence-corrected chi connectivity index (χ3v) is 6.05. The molecule has 148 valence electrons. The van der Waals surface area contributed by atoms with Crippen LogP contribution in [0.4, 0.5) is 9.80 Å².